The van der Waals surface area contributed by atoms with Crippen LogP contribution in [0.15, 0.2) is 200 Å². The van der Waals surface area contributed by atoms with Gasteiger partial charge in [0.25, 0.3) is 0 Å². The fourth-order valence-electron chi connectivity index (χ4n) is 8.25. The Kier molecular flexibility index (Phi) is 7.17. The van der Waals surface area contributed by atoms with Crippen LogP contribution in [0.1, 0.15) is 0 Å². The number of hydrogen-bond donors (Lipinski definition) is 0. The summed E-state index contributed by atoms with van der Waals surface area (Å²) in [5, 5.41) is 8.53. The molecule has 256 valence electrons. The molecule has 0 spiro atoms. The molecule has 0 bridgehead atoms. The zero-order chi connectivity index (χ0) is 36.3. The predicted octanol–water partition coefficient (Wildman–Crippen LogP) is 13.7. The number of nitrogens with zero attached hydrogens (tertiary/aromatic N) is 3. The molecule has 0 fully saturated rings. The lowest BCUT2D eigenvalue weighted by Crippen LogP contribution is -1.97. The molecule has 0 aliphatic heterocycles. The third-order valence-electron chi connectivity index (χ3n) is 11.0. The molecule has 0 unspecified atom stereocenters. The van der Waals surface area contributed by atoms with Gasteiger partial charge < -0.3 is 4.57 Å². The number of fused-ring (bicyclic) bond motifs is 7. The van der Waals surface area contributed by atoms with E-state index in [1.54, 1.807) is 0 Å². The zero-order valence-electron chi connectivity index (χ0n) is 29.9. The van der Waals surface area contributed by atoms with Crippen LogP contribution >= 0.6 is 0 Å². The van der Waals surface area contributed by atoms with E-state index < -0.39 is 0 Å². The Balaban J connectivity index is 1.07. The molecule has 3 nitrogen and oxygen atoms in total. The van der Waals surface area contributed by atoms with Gasteiger partial charge in [0.15, 0.2) is 5.82 Å². The summed E-state index contributed by atoms with van der Waals surface area (Å²) in [7, 11) is 0. The number of aromatic nitrogens is 3. The molecule has 0 atom stereocenters. The summed E-state index contributed by atoms with van der Waals surface area (Å²) in [4.78, 5) is 10.5. The Hall–Kier alpha value is -7.36. The Morgan fingerprint density at radius 3 is 1.65 bits per heavy atom. The Bertz CT molecular complexity index is 3220. The maximum absolute atomic E-state index is 5.32. The highest BCUT2D eigenvalue weighted by molar-refractivity contribution is 6.23. The lowest BCUT2D eigenvalue weighted by Gasteiger charge is -2.13. The highest BCUT2D eigenvalue weighted by Crippen LogP contribution is 2.39. The average Bonchev–Trinajstić information content (AvgIpc) is 3.59. The molecule has 2 aromatic heterocycles. The van der Waals surface area contributed by atoms with Gasteiger partial charge in [0.05, 0.1) is 22.2 Å². The van der Waals surface area contributed by atoms with Gasteiger partial charge in [0, 0.05) is 33.0 Å². The van der Waals surface area contributed by atoms with E-state index in [1.807, 2.05) is 0 Å². The summed E-state index contributed by atoms with van der Waals surface area (Å²) < 4.78 is 2.40. The second kappa shape index (κ2) is 12.6. The van der Waals surface area contributed by atoms with Gasteiger partial charge in [-0.25, -0.2) is 9.97 Å². The largest absolute Gasteiger partial charge is 0.309 e. The highest BCUT2D eigenvalue weighted by atomic mass is 15.0. The molecule has 0 aliphatic rings. The van der Waals surface area contributed by atoms with Crippen molar-refractivity contribution in [1.29, 1.82) is 0 Å². The van der Waals surface area contributed by atoms with E-state index in [4.69, 9.17) is 9.97 Å². The second-order valence-corrected chi connectivity index (χ2v) is 14.2. The van der Waals surface area contributed by atoms with Crippen LogP contribution < -0.4 is 0 Å². The molecule has 11 rings (SSSR count). The smallest absolute Gasteiger partial charge is 0.160 e. The summed E-state index contributed by atoms with van der Waals surface area (Å²) >= 11 is 0. The predicted molar refractivity (Wildman–Crippen MR) is 231 cm³/mol. The van der Waals surface area contributed by atoms with Gasteiger partial charge in [0.1, 0.15) is 0 Å². The van der Waals surface area contributed by atoms with E-state index in [0.717, 1.165) is 39.0 Å². The minimum Gasteiger partial charge on any atom is -0.309 e. The average molecular weight is 700 g/mol. The maximum atomic E-state index is 5.32. The van der Waals surface area contributed by atoms with Crippen molar-refractivity contribution < 1.29 is 0 Å². The zero-order valence-corrected chi connectivity index (χ0v) is 29.9. The Morgan fingerprint density at radius 1 is 0.327 bits per heavy atom. The van der Waals surface area contributed by atoms with Crippen LogP contribution in [0.3, 0.4) is 0 Å². The Labute approximate surface area is 318 Å². The van der Waals surface area contributed by atoms with Gasteiger partial charge in [-0.3, -0.25) is 0 Å². The number of hydrogen-bond acceptors (Lipinski definition) is 2. The van der Waals surface area contributed by atoms with Crippen molar-refractivity contribution in [2.24, 2.45) is 0 Å². The van der Waals surface area contributed by atoms with E-state index >= 15 is 0 Å². The van der Waals surface area contributed by atoms with Crippen LogP contribution in [0.5, 0.6) is 0 Å². The van der Waals surface area contributed by atoms with Crippen LogP contribution in [-0.2, 0) is 0 Å². The lowest BCUT2D eigenvalue weighted by molar-refractivity contribution is 1.18. The lowest BCUT2D eigenvalue weighted by atomic mass is 9.98. The Morgan fingerprint density at radius 2 is 0.909 bits per heavy atom. The van der Waals surface area contributed by atoms with Crippen molar-refractivity contribution >= 4 is 54.3 Å². The molecule has 9 aromatic carbocycles. The van der Waals surface area contributed by atoms with Crippen molar-refractivity contribution in [2.45, 2.75) is 0 Å². The fourth-order valence-corrected chi connectivity index (χ4v) is 8.25. The van der Waals surface area contributed by atoms with Crippen molar-refractivity contribution in [2.75, 3.05) is 0 Å². The molecule has 2 heterocycles. The molecular weight excluding hydrogens is 667 g/mol. The molecule has 0 radical (unpaired) electrons. The van der Waals surface area contributed by atoms with E-state index in [1.165, 1.54) is 60.0 Å². The minimum atomic E-state index is 0.702. The molecule has 0 saturated heterocycles. The SMILES string of the molecule is c1ccc(-c2ccc(-c3nc(-c4ccc(-n5c6cc7ccccc7cc6c6c7ccccc7ccc65)cc4)nc4ccc(-c5ccccc5)cc34)cc2)cc1. The van der Waals surface area contributed by atoms with Crippen molar-refractivity contribution in [1.82, 2.24) is 14.5 Å². The molecule has 3 heteroatoms. The van der Waals surface area contributed by atoms with Gasteiger partial charge >= 0.3 is 0 Å². The molecule has 11 aromatic rings. The van der Waals surface area contributed by atoms with Crippen molar-refractivity contribution in [3.63, 3.8) is 0 Å². The second-order valence-electron chi connectivity index (χ2n) is 14.2. The van der Waals surface area contributed by atoms with Crippen LogP contribution in [0.4, 0.5) is 0 Å². The summed E-state index contributed by atoms with van der Waals surface area (Å²) in [5.74, 6) is 0.702. The maximum Gasteiger partial charge on any atom is 0.160 e. The number of benzene rings is 9. The summed E-state index contributed by atoms with van der Waals surface area (Å²) in [6.45, 7) is 0. The molecule has 0 aliphatic carbocycles. The molecule has 0 N–H and O–H groups in total. The van der Waals surface area contributed by atoms with Gasteiger partial charge in [-0.2, -0.15) is 0 Å². The van der Waals surface area contributed by atoms with E-state index in [-0.39, 0.29) is 0 Å². The van der Waals surface area contributed by atoms with Gasteiger partial charge in [-0.1, -0.05) is 146 Å². The monoisotopic (exact) mass is 699 g/mol. The van der Waals surface area contributed by atoms with E-state index in [2.05, 4.69) is 205 Å². The topological polar surface area (TPSA) is 30.7 Å². The van der Waals surface area contributed by atoms with E-state index in [9.17, 15) is 0 Å². The molecule has 0 amide bonds. The molecule has 55 heavy (non-hydrogen) atoms. The van der Waals surface area contributed by atoms with E-state index in [0.29, 0.717) is 5.82 Å². The van der Waals surface area contributed by atoms with Crippen LogP contribution in [-0.4, -0.2) is 14.5 Å². The third kappa shape index (κ3) is 5.28. The summed E-state index contributed by atoms with van der Waals surface area (Å²) in [5.41, 5.74) is 12.0. The van der Waals surface area contributed by atoms with Gasteiger partial charge in [-0.15, -0.1) is 0 Å². The first kappa shape index (κ1) is 31.2. The van der Waals surface area contributed by atoms with Gasteiger partial charge in [0.2, 0.25) is 0 Å². The standard InChI is InChI=1S/C52H33N3/c1-3-11-34(12-4-1)36-19-21-38(22-20-36)51-45-31-42(35-13-5-2-6-14-35)25-29-47(45)53-52(54-51)39-23-27-43(28-24-39)55-48-30-26-37-15-9-10-18-44(37)50(48)46-32-40-16-7-8-17-41(40)33-49(46)55/h1-33H. The minimum absolute atomic E-state index is 0.702. The fraction of sp³-hybridized carbons (Fsp3) is 0. The quantitative estimate of drug-likeness (QED) is 0.179. The van der Waals surface area contributed by atoms with Crippen LogP contribution in [0.2, 0.25) is 0 Å². The number of rotatable bonds is 5. The van der Waals surface area contributed by atoms with Crippen molar-refractivity contribution in [3.8, 4) is 50.6 Å². The molecule has 0 saturated carbocycles. The molecular formula is C52H33N3. The highest BCUT2D eigenvalue weighted by Gasteiger charge is 2.17. The summed E-state index contributed by atoms with van der Waals surface area (Å²) in [6.07, 6.45) is 0. The van der Waals surface area contributed by atoms with Crippen molar-refractivity contribution in [3.05, 3.63) is 200 Å². The normalized spacial score (nSPS) is 11.6. The summed E-state index contributed by atoms with van der Waals surface area (Å²) in [6, 6.07) is 71.5. The first-order valence-corrected chi connectivity index (χ1v) is 18.7. The third-order valence-corrected chi connectivity index (χ3v) is 11.0. The van der Waals surface area contributed by atoms with Crippen LogP contribution in [0.25, 0.3) is 105 Å². The van der Waals surface area contributed by atoms with Gasteiger partial charge in [-0.05, 0) is 98.4 Å². The first-order chi connectivity index (χ1) is 27.2. The first-order valence-electron chi connectivity index (χ1n) is 18.7. The van der Waals surface area contributed by atoms with Crippen LogP contribution in [0, 0.1) is 0 Å².